The molecule has 4 aromatic rings. The number of carbonyl (C=O) groups excluding carboxylic acids is 1. The van der Waals surface area contributed by atoms with E-state index in [2.05, 4.69) is 20.5 Å². The fourth-order valence-electron chi connectivity index (χ4n) is 3.13. The molecule has 0 fully saturated rings. The van der Waals surface area contributed by atoms with Crippen LogP contribution in [0.25, 0.3) is 16.7 Å². The number of nitrogens with zero attached hydrogens (tertiary/aromatic N) is 5. The number of rotatable bonds is 4. The van der Waals surface area contributed by atoms with Crippen molar-refractivity contribution in [2.45, 2.75) is 19.9 Å². The molecular weight excluding hydrogens is 359 g/mol. The average Bonchev–Trinajstić information content (AvgIpc) is 3.28. The van der Waals surface area contributed by atoms with Crippen molar-refractivity contribution in [3.05, 3.63) is 71.6 Å². The predicted octanol–water partition coefficient (Wildman–Crippen LogP) is 3.09. The van der Waals surface area contributed by atoms with Gasteiger partial charge in [-0.15, -0.1) is 0 Å². The number of halogens is 1. The molecule has 1 N–H and O–H groups in total. The van der Waals surface area contributed by atoms with E-state index in [1.807, 2.05) is 26.2 Å². The maximum absolute atomic E-state index is 14.2. The van der Waals surface area contributed by atoms with Crippen LogP contribution < -0.4 is 5.32 Å². The van der Waals surface area contributed by atoms with Crippen molar-refractivity contribution in [2.75, 3.05) is 0 Å². The van der Waals surface area contributed by atoms with E-state index >= 15 is 0 Å². The Labute approximate surface area is 160 Å². The minimum atomic E-state index is -0.411. The zero-order chi connectivity index (χ0) is 19.8. The molecule has 0 saturated heterocycles. The summed E-state index contributed by atoms with van der Waals surface area (Å²) in [5.74, 6) is -0.674. The number of hydrogen-bond acceptors (Lipinski definition) is 4. The number of amides is 1. The Hall–Kier alpha value is -3.55. The van der Waals surface area contributed by atoms with Crippen LogP contribution in [0.2, 0.25) is 0 Å². The highest BCUT2D eigenvalue weighted by atomic mass is 19.1. The van der Waals surface area contributed by atoms with Gasteiger partial charge in [0.25, 0.3) is 5.91 Å². The van der Waals surface area contributed by atoms with Gasteiger partial charge in [-0.25, -0.2) is 14.1 Å². The molecule has 0 radical (unpaired) electrons. The molecule has 1 aromatic carbocycles. The Morgan fingerprint density at radius 2 is 2.04 bits per heavy atom. The van der Waals surface area contributed by atoms with Gasteiger partial charge in [0.2, 0.25) is 0 Å². The van der Waals surface area contributed by atoms with Gasteiger partial charge in [-0.2, -0.15) is 10.2 Å². The molecule has 0 aliphatic carbocycles. The number of fused-ring (bicyclic) bond motifs is 1. The largest absolute Gasteiger partial charge is 0.344 e. The van der Waals surface area contributed by atoms with Crippen LogP contribution in [-0.2, 0) is 7.05 Å². The minimum Gasteiger partial charge on any atom is -0.344 e. The highest BCUT2D eigenvalue weighted by molar-refractivity contribution is 6.05. The first-order chi connectivity index (χ1) is 13.4. The fourth-order valence-corrected chi connectivity index (χ4v) is 3.13. The van der Waals surface area contributed by atoms with Crippen LogP contribution in [0, 0.1) is 12.7 Å². The molecule has 0 aliphatic heterocycles. The Morgan fingerprint density at radius 3 is 2.75 bits per heavy atom. The molecule has 28 heavy (non-hydrogen) atoms. The SMILES string of the molecule is Cc1cc(C(=O)N[C@@H](C)c2ccn(C)n2)c2cnn(-c3ccccc3F)c2n1. The quantitative estimate of drug-likeness (QED) is 0.592. The number of aryl methyl sites for hydroxylation is 2. The van der Waals surface area contributed by atoms with Gasteiger partial charge >= 0.3 is 0 Å². The standard InChI is InChI=1S/C20H19FN6O/c1-12-10-14(20(28)24-13(2)17-8-9-26(3)25-17)15-11-22-27(19(15)23-12)18-7-5-4-6-16(18)21/h4-11,13H,1-3H3,(H,24,28)/t13-/m0/s1. The first-order valence-electron chi connectivity index (χ1n) is 8.84. The van der Waals surface area contributed by atoms with Crippen molar-refractivity contribution < 1.29 is 9.18 Å². The molecule has 1 atom stereocenters. The molecule has 142 valence electrons. The molecule has 0 saturated carbocycles. The summed E-state index contributed by atoms with van der Waals surface area (Å²) >= 11 is 0. The molecule has 3 aromatic heterocycles. The third-order valence-electron chi connectivity index (χ3n) is 4.52. The Kier molecular flexibility index (Phi) is 4.38. The predicted molar refractivity (Wildman–Crippen MR) is 103 cm³/mol. The first kappa shape index (κ1) is 17.8. The number of nitrogens with one attached hydrogen (secondary N) is 1. The van der Waals surface area contributed by atoms with E-state index in [0.717, 1.165) is 5.69 Å². The van der Waals surface area contributed by atoms with E-state index in [9.17, 15) is 9.18 Å². The summed E-state index contributed by atoms with van der Waals surface area (Å²) in [5.41, 5.74) is 2.55. The monoisotopic (exact) mass is 378 g/mol. The second-order valence-electron chi connectivity index (χ2n) is 6.67. The smallest absolute Gasteiger partial charge is 0.252 e. The van der Waals surface area contributed by atoms with Crippen molar-refractivity contribution in [2.24, 2.45) is 7.05 Å². The average molecular weight is 378 g/mol. The van der Waals surface area contributed by atoms with Crippen molar-refractivity contribution in [3.8, 4) is 5.69 Å². The number of para-hydroxylation sites is 1. The Balaban J connectivity index is 1.74. The molecule has 0 unspecified atom stereocenters. The van der Waals surface area contributed by atoms with Crippen LogP contribution in [0.4, 0.5) is 4.39 Å². The van der Waals surface area contributed by atoms with E-state index in [0.29, 0.717) is 22.3 Å². The van der Waals surface area contributed by atoms with E-state index in [1.54, 1.807) is 35.9 Å². The summed E-state index contributed by atoms with van der Waals surface area (Å²) < 4.78 is 17.3. The third kappa shape index (κ3) is 3.13. The van der Waals surface area contributed by atoms with Gasteiger partial charge in [-0.3, -0.25) is 9.48 Å². The van der Waals surface area contributed by atoms with Gasteiger partial charge in [0.15, 0.2) is 5.65 Å². The van der Waals surface area contributed by atoms with Crippen molar-refractivity contribution in [1.29, 1.82) is 0 Å². The first-order valence-corrected chi connectivity index (χ1v) is 8.84. The molecule has 8 heteroatoms. The van der Waals surface area contributed by atoms with Crippen LogP contribution in [-0.4, -0.2) is 30.5 Å². The summed E-state index contributed by atoms with van der Waals surface area (Å²) in [6.45, 7) is 3.66. The zero-order valence-corrected chi connectivity index (χ0v) is 15.7. The second-order valence-corrected chi connectivity index (χ2v) is 6.67. The van der Waals surface area contributed by atoms with E-state index in [-0.39, 0.29) is 17.6 Å². The normalized spacial score (nSPS) is 12.3. The fraction of sp³-hybridized carbons (Fsp3) is 0.200. The van der Waals surface area contributed by atoms with Gasteiger partial charge in [-0.1, -0.05) is 12.1 Å². The molecule has 3 heterocycles. The highest BCUT2D eigenvalue weighted by Crippen LogP contribution is 2.23. The van der Waals surface area contributed by atoms with Crippen LogP contribution in [0.15, 0.2) is 48.8 Å². The summed E-state index contributed by atoms with van der Waals surface area (Å²) in [6.07, 6.45) is 3.36. The van der Waals surface area contributed by atoms with Gasteiger partial charge in [0, 0.05) is 18.9 Å². The van der Waals surface area contributed by atoms with Gasteiger partial charge in [-0.05, 0) is 38.1 Å². The summed E-state index contributed by atoms with van der Waals surface area (Å²) in [4.78, 5) is 17.4. The van der Waals surface area contributed by atoms with Crippen molar-refractivity contribution >= 4 is 16.9 Å². The Bertz CT molecular complexity index is 1180. The molecule has 1 amide bonds. The maximum atomic E-state index is 14.2. The number of aromatic nitrogens is 5. The van der Waals surface area contributed by atoms with Crippen LogP contribution in [0.5, 0.6) is 0 Å². The lowest BCUT2D eigenvalue weighted by Crippen LogP contribution is -2.27. The summed E-state index contributed by atoms with van der Waals surface area (Å²) in [6, 6.07) is 9.62. The number of benzene rings is 1. The molecule has 0 aliphatic rings. The van der Waals surface area contributed by atoms with Crippen molar-refractivity contribution in [3.63, 3.8) is 0 Å². The van der Waals surface area contributed by atoms with Gasteiger partial charge in [0.1, 0.15) is 11.5 Å². The Morgan fingerprint density at radius 1 is 1.25 bits per heavy atom. The third-order valence-corrected chi connectivity index (χ3v) is 4.52. The summed E-state index contributed by atoms with van der Waals surface area (Å²) in [5, 5.41) is 12.1. The molecule has 4 rings (SSSR count). The molecule has 7 nitrogen and oxygen atoms in total. The lowest BCUT2D eigenvalue weighted by molar-refractivity contribution is 0.0940. The molecule has 0 bridgehead atoms. The zero-order valence-electron chi connectivity index (χ0n) is 15.7. The number of pyridine rings is 1. The van der Waals surface area contributed by atoms with Gasteiger partial charge < -0.3 is 5.32 Å². The second kappa shape index (κ2) is 6.88. The van der Waals surface area contributed by atoms with E-state index in [1.165, 1.54) is 16.9 Å². The molecular formula is C20H19FN6O. The number of hydrogen-bond donors (Lipinski definition) is 1. The van der Waals surface area contributed by atoms with Crippen LogP contribution >= 0.6 is 0 Å². The van der Waals surface area contributed by atoms with Crippen LogP contribution in [0.1, 0.15) is 34.7 Å². The topological polar surface area (TPSA) is 77.6 Å². The highest BCUT2D eigenvalue weighted by Gasteiger charge is 2.20. The minimum absolute atomic E-state index is 0.262. The van der Waals surface area contributed by atoms with Crippen molar-refractivity contribution in [1.82, 2.24) is 29.9 Å². The summed E-state index contributed by atoms with van der Waals surface area (Å²) in [7, 11) is 1.82. The molecule has 0 spiro atoms. The van der Waals surface area contributed by atoms with E-state index in [4.69, 9.17) is 0 Å². The lowest BCUT2D eigenvalue weighted by atomic mass is 10.1. The lowest BCUT2D eigenvalue weighted by Gasteiger charge is -2.13. The van der Waals surface area contributed by atoms with Gasteiger partial charge in [0.05, 0.1) is 28.9 Å². The number of carbonyl (C=O) groups is 1. The van der Waals surface area contributed by atoms with Crippen LogP contribution in [0.3, 0.4) is 0 Å². The maximum Gasteiger partial charge on any atom is 0.252 e. The van der Waals surface area contributed by atoms with E-state index < -0.39 is 5.82 Å².